The molecule has 1 aromatic heterocycles. The van der Waals surface area contributed by atoms with Gasteiger partial charge in [-0.05, 0) is 11.6 Å². The third-order valence-corrected chi connectivity index (χ3v) is 2.83. The summed E-state index contributed by atoms with van der Waals surface area (Å²) in [5, 5.41) is 14.4. The van der Waals surface area contributed by atoms with Crippen molar-refractivity contribution >= 4 is 11.7 Å². The van der Waals surface area contributed by atoms with Crippen molar-refractivity contribution < 1.29 is 10.0 Å². The molecule has 0 aliphatic rings. The summed E-state index contributed by atoms with van der Waals surface area (Å²) >= 11 is 0. The van der Waals surface area contributed by atoms with Gasteiger partial charge in [-0.15, -0.1) is 0 Å². The van der Waals surface area contributed by atoms with Crippen LogP contribution in [-0.4, -0.2) is 21.9 Å². The van der Waals surface area contributed by atoms with Crippen LogP contribution in [0.1, 0.15) is 22.1 Å². The van der Waals surface area contributed by atoms with Crippen LogP contribution in [0.2, 0.25) is 0 Å². The molecule has 0 saturated carbocycles. The first-order chi connectivity index (χ1) is 10.1. The smallest absolute Gasteiger partial charge is 0.268 e. The SMILES string of the molecule is N/C(=N/O)C(NC(=O)c1cccc(=O)[nH]1)c1ccccc1. The van der Waals surface area contributed by atoms with E-state index in [-0.39, 0.29) is 17.1 Å². The molecule has 21 heavy (non-hydrogen) atoms. The lowest BCUT2D eigenvalue weighted by molar-refractivity contribution is 0.0941. The van der Waals surface area contributed by atoms with E-state index in [4.69, 9.17) is 10.9 Å². The summed E-state index contributed by atoms with van der Waals surface area (Å²) in [4.78, 5) is 25.8. The molecule has 0 radical (unpaired) electrons. The van der Waals surface area contributed by atoms with E-state index in [1.165, 1.54) is 18.2 Å². The molecule has 1 unspecified atom stereocenters. The Kier molecular flexibility index (Phi) is 4.35. The molecule has 108 valence electrons. The first-order valence-electron chi connectivity index (χ1n) is 6.14. The van der Waals surface area contributed by atoms with Crippen LogP contribution >= 0.6 is 0 Å². The molecule has 1 atom stereocenters. The van der Waals surface area contributed by atoms with Crippen LogP contribution in [0.15, 0.2) is 58.5 Å². The van der Waals surface area contributed by atoms with E-state index in [1.807, 2.05) is 6.07 Å². The molecule has 0 saturated heterocycles. The van der Waals surface area contributed by atoms with Gasteiger partial charge in [0.05, 0.1) is 0 Å². The van der Waals surface area contributed by atoms with Gasteiger partial charge >= 0.3 is 0 Å². The van der Waals surface area contributed by atoms with Crippen molar-refractivity contribution in [3.05, 3.63) is 70.1 Å². The minimum Gasteiger partial charge on any atom is -0.409 e. The third kappa shape index (κ3) is 3.47. The molecule has 2 rings (SSSR count). The van der Waals surface area contributed by atoms with Gasteiger partial charge in [-0.3, -0.25) is 9.59 Å². The maximum absolute atomic E-state index is 12.1. The number of H-pyrrole nitrogens is 1. The van der Waals surface area contributed by atoms with Gasteiger partial charge in [0.15, 0.2) is 5.84 Å². The normalized spacial score (nSPS) is 12.7. The summed E-state index contributed by atoms with van der Waals surface area (Å²) in [6.07, 6.45) is 0. The molecule has 1 amide bonds. The number of amidine groups is 1. The van der Waals surface area contributed by atoms with E-state index in [2.05, 4.69) is 15.5 Å². The molecule has 0 fully saturated rings. The Bertz CT molecular complexity index is 709. The number of amides is 1. The quantitative estimate of drug-likeness (QED) is 0.284. The average Bonchev–Trinajstić information content (AvgIpc) is 2.52. The Morgan fingerprint density at radius 1 is 1.19 bits per heavy atom. The molecule has 0 aliphatic carbocycles. The van der Waals surface area contributed by atoms with Gasteiger partial charge < -0.3 is 21.2 Å². The van der Waals surface area contributed by atoms with Crippen LogP contribution < -0.4 is 16.6 Å². The van der Waals surface area contributed by atoms with Crippen LogP contribution in [0, 0.1) is 0 Å². The second kappa shape index (κ2) is 6.38. The number of aromatic amines is 1. The highest BCUT2D eigenvalue weighted by molar-refractivity contribution is 5.97. The van der Waals surface area contributed by atoms with Crippen molar-refractivity contribution in [3.8, 4) is 0 Å². The van der Waals surface area contributed by atoms with Gasteiger partial charge in [-0.1, -0.05) is 41.6 Å². The molecule has 7 heteroatoms. The number of carbonyl (C=O) groups is 1. The molecule has 1 heterocycles. The predicted octanol–water partition coefficient (Wildman–Crippen LogP) is 0.592. The summed E-state index contributed by atoms with van der Waals surface area (Å²) < 4.78 is 0. The number of carbonyl (C=O) groups excluding carboxylic acids is 1. The predicted molar refractivity (Wildman–Crippen MR) is 77.1 cm³/mol. The molecule has 5 N–H and O–H groups in total. The largest absolute Gasteiger partial charge is 0.409 e. The Balaban J connectivity index is 2.28. The van der Waals surface area contributed by atoms with Crippen LogP contribution in [0.4, 0.5) is 0 Å². The second-order valence-corrected chi connectivity index (χ2v) is 4.27. The van der Waals surface area contributed by atoms with Crippen LogP contribution in [0.5, 0.6) is 0 Å². The summed E-state index contributed by atoms with van der Waals surface area (Å²) in [6.45, 7) is 0. The lowest BCUT2D eigenvalue weighted by Gasteiger charge is -2.17. The van der Waals surface area contributed by atoms with Gasteiger partial charge in [0.2, 0.25) is 5.56 Å². The monoisotopic (exact) mass is 286 g/mol. The summed E-state index contributed by atoms with van der Waals surface area (Å²) in [5.74, 6) is -0.694. The minimum atomic E-state index is -0.799. The van der Waals surface area contributed by atoms with Gasteiger partial charge in [0, 0.05) is 6.07 Å². The molecule has 1 aromatic carbocycles. The summed E-state index contributed by atoms with van der Waals surface area (Å²) in [7, 11) is 0. The topological polar surface area (TPSA) is 121 Å². The molecule has 0 aliphatic heterocycles. The van der Waals surface area contributed by atoms with Gasteiger partial charge in [0.25, 0.3) is 5.91 Å². The highest BCUT2D eigenvalue weighted by atomic mass is 16.4. The molecular formula is C14H14N4O3. The van der Waals surface area contributed by atoms with Crippen molar-refractivity contribution in [2.45, 2.75) is 6.04 Å². The molecular weight excluding hydrogens is 272 g/mol. The molecule has 0 spiro atoms. The second-order valence-electron chi connectivity index (χ2n) is 4.27. The van der Waals surface area contributed by atoms with Crippen LogP contribution in [-0.2, 0) is 0 Å². The molecule has 7 nitrogen and oxygen atoms in total. The number of nitrogens with two attached hydrogens (primary N) is 1. The van der Waals surface area contributed by atoms with E-state index in [0.717, 1.165) is 0 Å². The van der Waals surface area contributed by atoms with E-state index < -0.39 is 11.9 Å². The fraction of sp³-hybridized carbons (Fsp3) is 0.0714. The zero-order chi connectivity index (χ0) is 15.2. The maximum atomic E-state index is 12.1. The van der Waals surface area contributed by atoms with Crippen molar-refractivity contribution in [1.29, 1.82) is 0 Å². The standard InChI is InChI=1S/C14H14N4O3/c15-13(18-21)12(9-5-2-1-3-6-9)17-14(20)10-7-4-8-11(19)16-10/h1-8,12,21H,(H2,15,18)(H,16,19)(H,17,20). The van der Waals surface area contributed by atoms with Crippen molar-refractivity contribution in [2.24, 2.45) is 10.9 Å². The maximum Gasteiger partial charge on any atom is 0.268 e. The number of benzene rings is 1. The van der Waals surface area contributed by atoms with Gasteiger partial charge in [-0.25, -0.2) is 0 Å². The lowest BCUT2D eigenvalue weighted by atomic mass is 10.1. The Morgan fingerprint density at radius 2 is 1.90 bits per heavy atom. The first-order valence-corrected chi connectivity index (χ1v) is 6.14. The van der Waals surface area contributed by atoms with E-state index in [0.29, 0.717) is 5.56 Å². The summed E-state index contributed by atoms with van der Waals surface area (Å²) in [6, 6.07) is 12.2. The van der Waals surface area contributed by atoms with Gasteiger partial charge in [0.1, 0.15) is 11.7 Å². The molecule has 0 bridgehead atoms. The number of oxime groups is 1. The van der Waals surface area contributed by atoms with Crippen LogP contribution in [0.3, 0.4) is 0 Å². The van der Waals surface area contributed by atoms with Crippen molar-refractivity contribution in [1.82, 2.24) is 10.3 Å². The van der Waals surface area contributed by atoms with E-state index in [9.17, 15) is 9.59 Å². The summed E-state index contributed by atoms with van der Waals surface area (Å²) in [5.41, 5.74) is 5.98. The third-order valence-electron chi connectivity index (χ3n) is 2.83. The highest BCUT2D eigenvalue weighted by Gasteiger charge is 2.20. The molecule has 2 aromatic rings. The number of aromatic nitrogens is 1. The Morgan fingerprint density at radius 3 is 2.52 bits per heavy atom. The number of rotatable bonds is 4. The van der Waals surface area contributed by atoms with Gasteiger partial charge in [-0.2, -0.15) is 0 Å². The Hall–Kier alpha value is -3.09. The Labute approximate surface area is 120 Å². The average molecular weight is 286 g/mol. The van der Waals surface area contributed by atoms with E-state index >= 15 is 0 Å². The minimum absolute atomic E-state index is 0.0918. The fourth-order valence-corrected chi connectivity index (χ4v) is 1.82. The fourth-order valence-electron chi connectivity index (χ4n) is 1.82. The zero-order valence-corrected chi connectivity index (χ0v) is 11.0. The number of hydrogen-bond acceptors (Lipinski definition) is 4. The van der Waals surface area contributed by atoms with Crippen LogP contribution in [0.25, 0.3) is 0 Å². The lowest BCUT2D eigenvalue weighted by Crippen LogP contribution is -2.38. The van der Waals surface area contributed by atoms with Crippen molar-refractivity contribution in [3.63, 3.8) is 0 Å². The number of nitrogens with zero attached hydrogens (tertiary/aromatic N) is 1. The van der Waals surface area contributed by atoms with Crippen molar-refractivity contribution in [2.75, 3.05) is 0 Å². The highest BCUT2D eigenvalue weighted by Crippen LogP contribution is 2.13. The number of nitrogens with one attached hydrogen (secondary N) is 2. The number of pyridine rings is 1. The zero-order valence-electron chi connectivity index (χ0n) is 11.0. The first kappa shape index (κ1) is 14.3. The number of hydrogen-bond donors (Lipinski definition) is 4. The van der Waals surface area contributed by atoms with E-state index in [1.54, 1.807) is 24.3 Å².